The predicted molar refractivity (Wildman–Crippen MR) is 62.4 cm³/mol. The molecule has 0 bridgehead atoms. The van der Waals surface area contributed by atoms with Crippen LogP contribution in [-0.2, 0) is 4.79 Å². The minimum atomic E-state index is -0.450. The molecule has 0 saturated heterocycles. The Morgan fingerprint density at radius 1 is 1.47 bits per heavy atom. The monoisotopic (exact) mass is 320 g/mol. The van der Waals surface area contributed by atoms with Gasteiger partial charge in [0.2, 0.25) is 0 Å². The Balaban J connectivity index is 3.28. The lowest BCUT2D eigenvalue weighted by molar-refractivity contribution is -0.132. The molecular weight excluding hydrogens is 311 g/mol. The highest BCUT2D eigenvalue weighted by atomic mass is 127. The smallest absolute Gasteiger partial charge is 0.308 e. The average molecular weight is 320 g/mol. The van der Waals surface area contributed by atoms with Gasteiger partial charge in [0.25, 0.3) is 0 Å². The van der Waals surface area contributed by atoms with Crippen LogP contribution in [0.15, 0.2) is 12.1 Å². The van der Waals surface area contributed by atoms with Crippen LogP contribution >= 0.6 is 22.6 Å². The highest BCUT2D eigenvalue weighted by molar-refractivity contribution is 14.1. The predicted octanol–water partition coefficient (Wildman–Crippen LogP) is 2.04. The van der Waals surface area contributed by atoms with Crippen molar-refractivity contribution < 1.29 is 19.1 Å². The zero-order valence-electron chi connectivity index (χ0n) is 8.24. The van der Waals surface area contributed by atoms with Crippen LogP contribution in [0.4, 0.5) is 0 Å². The molecule has 1 rings (SSSR count). The van der Waals surface area contributed by atoms with Gasteiger partial charge in [0.15, 0.2) is 17.8 Å². The molecule has 0 unspecified atom stereocenters. The first-order chi connectivity index (χ1) is 7.10. The molecule has 5 heteroatoms. The van der Waals surface area contributed by atoms with E-state index < -0.39 is 5.97 Å². The number of ether oxygens (including phenoxy) is 2. The molecule has 0 N–H and O–H groups in total. The highest BCUT2D eigenvalue weighted by Gasteiger charge is 2.14. The molecule has 0 aliphatic rings. The summed E-state index contributed by atoms with van der Waals surface area (Å²) in [5.41, 5.74) is 0.465. The van der Waals surface area contributed by atoms with E-state index in [2.05, 4.69) is 0 Å². The van der Waals surface area contributed by atoms with Gasteiger partial charge in [-0.1, -0.05) is 0 Å². The van der Waals surface area contributed by atoms with Gasteiger partial charge >= 0.3 is 5.97 Å². The lowest BCUT2D eigenvalue weighted by Crippen LogP contribution is -2.06. The molecule has 0 spiro atoms. The van der Waals surface area contributed by atoms with Gasteiger partial charge in [-0.05, 0) is 34.7 Å². The Kier molecular flexibility index (Phi) is 4.07. The van der Waals surface area contributed by atoms with Crippen LogP contribution in [0.25, 0.3) is 0 Å². The maximum absolute atomic E-state index is 10.9. The van der Waals surface area contributed by atoms with Crippen molar-refractivity contribution in [3.05, 3.63) is 21.3 Å². The number of esters is 1. The molecule has 0 amide bonds. The molecule has 1 aromatic carbocycles. The van der Waals surface area contributed by atoms with E-state index in [1.54, 1.807) is 12.1 Å². The molecule has 80 valence electrons. The second-order valence-electron chi connectivity index (χ2n) is 2.71. The van der Waals surface area contributed by atoms with Crippen LogP contribution < -0.4 is 9.47 Å². The Morgan fingerprint density at radius 3 is 2.60 bits per heavy atom. The topological polar surface area (TPSA) is 52.6 Å². The van der Waals surface area contributed by atoms with Gasteiger partial charge in [-0.25, -0.2) is 0 Å². The van der Waals surface area contributed by atoms with Gasteiger partial charge in [0, 0.05) is 12.5 Å². The van der Waals surface area contributed by atoms with Gasteiger partial charge in [0.1, 0.15) is 0 Å². The Hall–Kier alpha value is -1.11. The maximum Gasteiger partial charge on any atom is 0.308 e. The van der Waals surface area contributed by atoms with E-state index in [0.29, 0.717) is 21.2 Å². The summed E-state index contributed by atoms with van der Waals surface area (Å²) >= 11 is 1.93. The summed E-state index contributed by atoms with van der Waals surface area (Å²) in [7, 11) is 1.47. The normalized spacial score (nSPS) is 9.53. The second-order valence-corrected chi connectivity index (χ2v) is 3.79. The maximum atomic E-state index is 10.9. The van der Waals surface area contributed by atoms with Gasteiger partial charge in [-0.2, -0.15) is 0 Å². The largest absolute Gasteiger partial charge is 0.493 e. The Labute approximate surface area is 101 Å². The first kappa shape index (κ1) is 12.0. The minimum absolute atomic E-state index is 0.287. The van der Waals surface area contributed by atoms with Gasteiger partial charge in [-0.15, -0.1) is 0 Å². The zero-order valence-corrected chi connectivity index (χ0v) is 10.4. The van der Waals surface area contributed by atoms with Crippen LogP contribution in [0.3, 0.4) is 0 Å². The summed E-state index contributed by atoms with van der Waals surface area (Å²) in [5, 5.41) is 0. The third-order valence-corrected chi connectivity index (χ3v) is 2.80. The summed E-state index contributed by atoms with van der Waals surface area (Å²) in [6, 6.07) is 3.20. The van der Waals surface area contributed by atoms with Crippen molar-refractivity contribution in [1.82, 2.24) is 0 Å². The van der Waals surface area contributed by atoms with Crippen LogP contribution in [0, 0.1) is 3.57 Å². The Morgan fingerprint density at radius 2 is 2.13 bits per heavy atom. The number of rotatable bonds is 3. The molecule has 4 nitrogen and oxygen atoms in total. The fourth-order valence-electron chi connectivity index (χ4n) is 1.04. The molecule has 0 aliphatic carbocycles. The van der Waals surface area contributed by atoms with Gasteiger partial charge in [0.05, 0.1) is 10.7 Å². The summed E-state index contributed by atoms with van der Waals surface area (Å²) in [6.45, 7) is 1.29. The number of benzene rings is 1. The standard InChI is InChI=1S/C10H9IO4/c1-6(13)15-10-8(14-2)4-3-7(5-12)9(10)11/h3-5H,1-2H3. The van der Waals surface area contributed by atoms with Gasteiger partial charge in [-0.3, -0.25) is 9.59 Å². The van der Waals surface area contributed by atoms with E-state index >= 15 is 0 Å². The number of halogens is 1. The van der Waals surface area contributed by atoms with E-state index in [1.165, 1.54) is 14.0 Å². The number of methoxy groups -OCH3 is 1. The lowest BCUT2D eigenvalue weighted by atomic mass is 10.2. The first-order valence-corrected chi connectivity index (χ1v) is 5.18. The molecule has 0 saturated carbocycles. The number of carbonyl (C=O) groups is 2. The molecular formula is C10H9IO4. The number of hydrogen-bond acceptors (Lipinski definition) is 4. The van der Waals surface area contributed by atoms with Crippen LogP contribution in [0.2, 0.25) is 0 Å². The quantitative estimate of drug-likeness (QED) is 0.370. The van der Waals surface area contributed by atoms with E-state index in [9.17, 15) is 9.59 Å². The number of carbonyl (C=O) groups excluding carboxylic acids is 2. The van der Waals surface area contributed by atoms with E-state index in [0.717, 1.165) is 0 Å². The molecule has 1 aromatic rings. The number of hydrogen-bond donors (Lipinski definition) is 0. The van der Waals surface area contributed by atoms with Crippen molar-refractivity contribution in [2.75, 3.05) is 7.11 Å². The summed E-state index contributed by atoms with van der Waals surface area (Å²) in [5.74, 6) is 0.268. The zero-order chi connectivity index (χ0) is 11.4. The molecule has 0 aliphatic heterocycles. The van der Waals surface area contributed by atoms with Crippen molar-refractivity contribution in [1.29, 1.82) is 0 Å². The highest BCUT2D eigenvalue weighted by Crippen LogP contribution is 2.34. The summed E-state index contributed by atoms with van der Waals surface area (Å²) < 4.78 is 10.6. The lowest BCUT2D eigenvalue weighted by Gasteiger charge is -2.10. The Bertz CT molecular complexity index is 401. The van der Waals surface area contributed by atoms with Crippen molar-refractivity contribution in [3.8, 4) is 11.5 Å². The van der Waals surface area contributed by atoms with Crippen molar-refractivity contribution in [2.45, 2.75) is 6.92 Å². The van der Waals surface area contributed by atoms with Crippen molar-refractivity contribution in [2.24, 2.45) is 0 Å². The second kappa shape index (κ2) is 5.11. The molecule has 0 radical (unpaired) electrons. The molecule has 0 heterocycles. The fraction of sp³-hybridized carbons (Fsp3) is 0.200. The SMILES string of the molecule is COc1ccc(C=O)c(I)c1OC(C)=O. The van der Waals surface area contributed by atoms with Crippen LogP contribution in [0.5, 0.6) is 11.5 Å². The molecule has 0 atom stereocenters. The summed E-state index contributed by atoms with van der Waals surface area (Å²) in [4.78, 5) is 21.5. The third-order valence-electron chi connectivity index (χ3n) is 1.68. The van der Waals surface area contributed by atoms with Gasteiger partial charge < -0.3 is 9.47 Å². The molecule has 0 aromatic heterocycles. The first-order valence-electron chi connectivity index (χ1n) is 4.10. The van der Waals surface area contributed by atoms with Crippen molar-refractivity contribution in [3.63, 3.8) is 0 Å². The van der Waals surface area contributed by atoms with Crippen molar-refractivity contribution >= 4 is 34.8 Å². The van der Waals surface area contributed by atoms with Crippen LogP contribution in [-0.4, -0.2) is 19.4 Å². The summed E-state index contributed by atoms with van der Waals surface area (Å²) in [6.07, 6.45) is 0.703. The van der Waals surface area contributed by atoms with E-state index in [4.69, 9.17) is 9.47 Å². The van der Waals surface area contributed by atoms with E-state index in [-0.39, 0.29) is 5.75 Å². The fourth-order valence-corrected chi connectivity index (χ4v) is 1.73. The van der Waals surface area contributed by atoms with E-state index in [1.807, 2.05) is 22.6 Å². The number of aldehydes is 1. The average Bonchev–Trinajstić information content (AvgIpc) is 2.20. The third kappa shape index (κ3) is 2.68. The molecule has 15 heavy (non-hydrogen) atoms. The minimum Gasteiger partial charge on any atom is -0.493 e. The molecule has 0 fully saturated rings. The van der Waals surface area contributed by atoms with Crippen LogP contribution in [0.1, 0.15) is 17.3 Å².